The van der Waals surface area contributed by atoms with Gasteiger partial charge < -0.3 is 14.2 Å². The topological polar surface area (TPSA) is 61.8 Å². The van der Waals surface area contributed by atoms with Crippen LogP contribution in [-0.4, -0.2) is 37.9 Å². The van der Waals surface area contributed by atoms with Gasteiger partial charge in [0.1, 0.15) is 6.61 Å². The zero-order valence-corrected chi connectivity index (χ0v) is 39.6. The van der Waals surface area contributed by atoms with Crippen molar-refractivity contribution in [1.82, 2.24) is 0 Å². The van der Waals surface area contributed by atoms with E-state index >= 15 is 0 Å². The van der Waals surface area contributed by atoms with Crippen LogP contribution in [0.5, 0.6) is 0 Å². The fraction of sp³-hybridized carbons (Fsp3) is 0.925. The summed E-state index contributed by atoms with van der Waals surface area (Å²) >= 11 is 0. The Kier molecular flexibility index (Phi) is 48.8. The van der Waals surface area contributed by atoms with E-state index in [1.807, 2.05) is 0 Å². The largest absolute Gasteiger partial charge is 0.462 e. The third-order valence-electron chi connectivity index (χ3n) is 11.8. The molecule has 0 aliphatic rings. The van der Waals surface area contributed by atoms with E-state index in [0.717, 1.165) is 38.5 Å². The fourth-order valence-corrected chi connectivity index (χ4v) is 7.85. The first kappa shape index (κ1) is 56.6. The SMILES string of the molecule is CCCC/C=C\CCCCCCCCOCC(COC(=O)CCCCCCCCCCCCCCCCC)OC(=O)CCCCCCCCCCCCCCCCC. The van der Waals surface area contributed by atoms with Gasteiger partial charge in [0.25, 0.3) is 0 Å². The van der Waals surface area contributed by atoms with Crippen molar-refractivity contribution in [2.45, 2.75) is 297 Å². The van der Waals surface area contributed by atoms with Crippen molar-refractivity contribution in [3.05, 3.63) is 12.2 Å². The third-order valence-corrected chi connectivity index (χ3v) is 11.8. The Morgan fingerprint density at radius 1 is 0.362 bits per heavy atom. The molecule has 0 aromatic heterocycles. The van der Waals surface area contributed by atoms with Gasteiger partial charge in [-0.2, -0.15) is 0 Å². The summed E-state index contributed by atoms with van der Waals surface area (Å²) in [6, 6.07) is 0. The van der Waals surface area contributed by atoms with Crippen molar-refractivity contribution in [2.75, 3.05) is 19.8 Å². The lowest BCUT2D eigenvalue weighted by Gasteiger charge is -2.18. The fourth-order valence-electron chi connectivity index (χ4n) is 7.85. The molecule has 0 fully saturated rings. The van der Waals surface area contributed by atoms with Crippen LogP contribution in [0.15, 0.2) is 12.2 Å². The second-order valence-electron chi connectivity index (χ2n) is 17.8. The van der Waals surface area contributed by atoms with Gasteiger partial charge in [0.2, 0.25) is 0 Å². The number of hydrogen-bond acceptors (Lipinski definition) is 5. The summed E-state index contributed by atoms with van der Waals surface area (Å²) in [5.74, 6) is -0.378. The summed E-state index contributed by atoms with van der Waals surface area (Å²) < 4.78 is 17.4. The first-order valence-corrected chi connectivity index (χ1v) is 26.2. The summed E-state index contributed by atoms with van der Waals surface area (Å²) in [5, 5.41) is 0. The summed E-state index contributed by atoms with van der Waals surface area (Å²) in [6.07, 6.45) is 56.4. The molecule has 1 atom stereocenters. The molecule has 58 heavy (non-hydrogen) atoms. The molecule has 0 saturated carbocycles. The Morgan fingerprint density at radius 2 is 0.690 bits per heavy atom. The zero-order valence-electron chi connectivity index (χ0n) is 39.6. The van der Waals surface area contributed by atoms with E-state index in [2.05, 4.69) is 32.9 Å². The molecule has 0 amide bonds. The molecular weight excluding hydrogens is 717 g/mol. The molecule has 0 aromatic rings. The van der Waals surface area contributed by atoms with Crippen LogP contribution in [0, 0.1) is 0 Å². The first-order valence-electron chi connectivity index (χ1n) is 26.2. The average molecular weight is 819 g/mol. The lowest BCUT2D eigenvalue weighted by Crippen LogP contribution is -2.30. The molecule has 0 aliphatic carbocycles. The Balaban J connectivity index is 4.19. The van der Waals surface area contributed by atoms with Gasteiger partial charge in [-0.25, -0.2) is 0 Å². The van der Waals surface area contributed by atoms with Crippen LogP contribution in [0.4, 0.5) is 0 Å². The van der Waals surface area contributed by atoms with Crippen LogP contribution < -0.4 is 0 Å². The quantitative estimate of drug-likeness (QED) is 0.0348. The molecule has 0 rings (SSSR count). The monoisotopic (exact) mass is 819 g/mol. The van der Waals surface area contributed by atoms with Crippen LogP contribution in [0.25, 0.3) is 0 Å². The Labute approximate surface area is 363 Å². The van der Waals surface area contributed by atoms with Crippen molar-refractivity contribution in [1.29, 1.82) is 0 Å². The maximum atomic E-state index is 12.8. The maximum absolute atomic E-state index is 12.8. The zero-order chi connectivity index (χ0) is 42.1. The second-order valence-corrected chi connectivity index (χ2v) is 17.8. The molecule has 0 spiro atoms. The molecule has 0 bridgehead atoms. The number of hydrogen-bond donors (Lipinski definition) is 0. The summed E-state index contributed by atoms with van der Waals surface area (Å²) in [5.41, 5.74) is 0. The summed E-state index contributed by atoms with van der Waals surface area (Å²) in [6.45, 7) is 7.85. The molecule has 5 heteroatoms. The number of esters is 2. The van der Waals surface area contributed by atoms with Crippen LogP contribution in [0.3, 0.4) is 0 Å². The van der Waals surface area contributed by atoms with Crippen molar-refractivity contribution >= 4 is 11.9 Å². The molecule has 344 valence electrons. The predicted molar refractivity (Wildman–Crippen MR) is 252 cm³/mol. The van der Waals surface area contributed by atoms with E-state index in [9.17, 15) is 9.59 Å². The highest BCUT2D eigenvalue weighted by molar-refractivity contribution is 5.70. The van der Waals surface area contributed by atoms with Crippen LogP contribution in [-0.2, 0) is 23.8 Å². The smallest absolute Gasteiger partial charge is 0.306 e. The minimum Gasteiger partial charge on any atom is -0.462 e. The van der Waals surface area contributed by atoms with Crippen LogP contribution in [0.2, 0.25) is 0 Å². The lowest BCUT2D eigenvalue weighted by atomic mass is 10.0. The van der Waals surface area contributed by atoms with E-state index in [0.29, 0.717) is 26.1 Å². The van der Waals surface area contributed by atoms with Gasteiger partial charge in [-0.1, -0.05) is 251 Å². The van der Waals surface area contributed by atoms with Crippen LogP contribution >= 0.6 is 0 Å². The van der Waals surface area contributed by atoms with E-state index in [-0.39, 0.29) is 18.5 Å². The predicted octanol–water partition coefficient (Wildman–Crippen LogP) is 17.5. The molecule has 5 nitrogen and oxygen atoms in total. The Bertz CT molecular complexity index is 840. The summed E-state index contributed by atoms with van der Waals surface area (Å²) in [7, 11) is 0. The highest BCUT2D eigenvalue weighted by Crippen LogP contribution is 2.16. The van der Waals surface area contributed by atoms with E-state index < -0.39 is 6.10 Å². The van der Waals surface area contributed by atoms with Gasteiger partial charge >= 0.3 is 11.9 Å². The molecule has 0 N–H and O–H groups in total. The van der Waals surface area contributed by atoms with Gasteiger partial charge in [0.15, 0.2) is 6.10 Å². The lowest BCUT2D eigenvalue weighted by molar-refractivity contribution is -0.163. The number of ether oxygens (including phenoxy) is 3. The molecule has 0 aliphatic heterocycles. The third kappa shape index (κ3) is 47.3. The minimum atomic E-state index is -0.528. The van der Waals surface area contributed by atoms with E-state index in [4.69, 9.17) is 14.2 Å². The van der Waals surface area contributed by atoms with Crippen molar-refractivity contribution in [3.8, 4) is 0 Å². The number of carbonyl (C=O) groups is 2. The maximum Gasteiger partial charge on any atom is 0.306 e. The molecular formula is C53H102O5. The first-order chi connectivity index (χ1) is 28.6. The van der Waals surface area contributed by atoms with Gasteiger partial charge in [-0.05, 0) is 38.5 Å². The molecule has 0 saturated heterocycles. The van der Waals surface area contributed by atoms with Gasteiger partial charge in [-0.15, -0.1) is 0 Å². The van der Waals surface area contributed by atoms with Crippen LogP contribution in [0.1, 0.15) is 290 Å². The van der Waals surface area contributed by atoms with E-state index in [1.165, 1.54) is 218 Å². The van der Waals surface area contributed by atoms with E-state index in [1.54, 1.807) is 0 Å². The van der Waals surface area contributed by atoms with Crippen molar-refractivity contribution < 1.29 is 23.8 Å². The second kappa shape index (κ2) is 50.0. The average Bonchev–Trinajstić information content (AvgIpc) is 3.22. The molecule has 0 radical (unpaired) electrons. The normalized spacial score (nSPS) is 12.1. The Morgan fingerprint density at radius 3 is 1.10 bits per heavy atom. The highest BCUT2D eigenvalue weighted by atomic mass is 16.6. The number of carbonyl (C=O) groups excluding carboxylic acids is 2. The standard InChI is InChI=1S/C53H102O5/c1-4-7-10-13-16-19-22-25-27-29-31-34-37-40-43-46-52(54)57-50-51(49-56-48-45-42-39-36-33-24-21-18-15-12-9-6-3)58-53(55)47-44-41-38-35-32-30-28-26-23-20-17-14-11-8-5-2/h15,18,51H,4-14,16-17,19-50H2,1-3H3/b18-15-. The van der Waals surface area contributed by atoms with Crippen molar-refractivity contribution in [3.63, 3.8) is 0 Å². The van der Waals surface area contributed by atoms with Gasteiger partial charge in [0, 0.05) is 19.4 Å². The minimum absolute atomic E-state index is 0.0923. The summed E-state index contributed by atoms with van der Waals surface area (Å²) in [4.78, 5) is 25.4. The van der Waals surface area contributed by atoms with Crippen molar-refractivity contribution in [2.24, 2.45) is 0 Å². The molecule has 0 heterocycles. The number of rotatable bonds is 49. The highest BCUT2D eigenvalue weighted by Gasteiger charge is 2.17. The number of allylic oxidation sites excluding steroid dienone is 2. The molecule has 1 unspecified atom stereocenters. The van der Waals surface area contributed by atoms with Gasteiger partial charge in [0.05, 0.1) is 6.61 Å². The molecule has 0 aromatic carbocycles. The Hall–Kier alpha value is -1.36. The number of unbranched alkanes of at least 4 members (excludes halogenated alkanes) is 36. The van der Waals surface area contributed by atoms with Gasteiger partial charge in [-0.3, -0.25) is 9.59 Å².